The minimum absolute atomic E-state index is 0.250. The molecule has 3 aromatic rings. The number of carbonyl (C=O) groups is 1. The molecule has 0 bridgehead atoms. The number of nitrogens with one attached hydrogen (secondary N) is 1. The van der Waals surface area contributed by atoms with Crippen molar-refractivity contribution in [3.05, 3.63) is 83.4 Å². The van der Waals surface area contributed by atoms with Crippen molar-refractivity contribution in [2.75, 3.05) is 0 Å². The quantitative estimate of drug-likeness (QED) is 0.804. The molecule has 0 saturated carbocycles. The molecule has 3 rings (SSSR count). The Balaban J connectivity index is 1.69. The van der Waals surface area contributed by atoms with E-state index in [-0.39, 0.29) is 17.4 Å². The summed E-state index contributed by atoms with van der Waals surface area (Å²) in [6.45, 7) is 2.43. The second kappa shape index (κ2) is 6.44. The third-order valence-electron chi connectivity index (χ3n) is 3.49. The van der Waals surface area contributed by atoms with Crippen LogP contribution in [0.2, 0.25) is 0 Å². The third kappa shape index (κ3) is 3.45. The zero-order valence-electron chi connectivity index (χ0n) is 12.7. The molecule has 5 heteroatoms. The lowest BCUT2D eigenvalue weighted by molar-refractivity contribution is 0.0945. The third-order valence-corrected chi connectivity index (χ3v) is 3.49. The van der Waals surface area contributed by atoms with Gasteiger partial charge in [0.05, 0.1) is 0 Å². The fourth-order valence-electron chi connectivity index (χ4n) is 2.20. The summed E-state index contributed by atoms with van der Waals surface area (Å²) >= 11 is 0. The van der Waals surface area contributed by atoms with Gasteiger partial charge in [-0.25, -0.2) is 9.07 Å². The van der Waals surface area contributed by atoms with Gasteiger partial charge in [0.1, 0.15) is 11.5 Å². The Kier molecular flexibility index (Phi) is 4.19. The van der Waals surface area contributed by atoms with Crippen LogP contribution in [-0.2, 0) is 6.54 Å². The van der Waals surface area contributed by atoms with E-state index in [1.54, 1.807) is 30.5 Å². The average molecular weight is 309 g/mol. The van der Waals surface area contributed by atoms with Crippen LogP contribution in [0.5, 0.6) is 0 Å². The van der Waals surface area contributed by atoms with Gasteiger partial charge in [0, 0.05) is 12.7 Å². The molecule has 1 N–H and O–H groups in total. The minimum atomic E-state index is -0.387. The number of nitrogens with zero attached hydrogens (tertiary/aromatic N) is 2. The first-order valence-electron chi connectivity index (χ1n) is 7.28. The van der Waals surface area contributed by atoms with E-state index in [1.165, 1.54) is 16.3 Å². The molecule has 0 aliphatic rings. The first-order valence-corrected chi connectivity index (χ1v) is 7.28. The maximum atomic E-state index is 13.7. The number of aromatic nitrogens is 2. The summed E-state index contributed by atoms with van der Waals surface area (Å²) in [7, 11) is 0. The summed E-state index contributed by atoms with van der Waals surface area (Å²) in [5.41, 5.74) is 2.74. The number of carbonyl (C=O) groups excluding carboxylic acids is 1. The van der Waals surface area contributed by atoms with Crippen LogP contribution in [0.4, 0.5) is 4.39 Å². The predicted octanol–water partition coefficient (Wildman–Crippen LogP) is 3.25. The minimum Gasteiger partial charge on any atom is -0.347 e. The van der Waals surface area contributed by atoms with Crippen LogP contribution in [-0.4, -0.2) is 15.7 Å². The molecule has 0 radical (unpaired) electrons. The number of halogens is 1. The second-order valence-electron chi connectivity index (χ2n) is 5.27. The number of aryl methyl sites for hydroxylation is 1. The first-order chi connectivity index (χ1) is 11.1. The number of para-hydroxylation sites is 1. The highest BCUT2D eigenvalue weighted by Crippen LogP contribution is 2.12. The zero-order valence-corrected chi connectivity index (χ0v) is 12.7. The van der Waals surface area contributed by atoms with Gasteiger partial charge >= 0.3 is 0 Å². The SMILES string of the molecule is Cc1ccc(CNC(=O)c2ccn(-c3ccccc3F)n2)cc1. The van der Waals surface area contributed by atoms with Crippen LogP contribution in [0.25, 0.3) is 5.69 Å². The van der Waals surface area contributed by atoms with Crippen molar-refractivity contribution in [3.63, 3.8) is 0 Å². The Morgan fingerprint density at radius 3 is 2.61 bits per heavy atom. The molecule has 116 valence electrons. The van der Waals surface area contributed by atoms with Gasteiger partial charge in [0.2, 0.25) is 0 Å². The highest BCUT2D eigenvalue weighted by atomic mass is 19.1. The van der Waals surface area contributed by atoms with Crippen LogP contribution < -0.4 is 5.32 Å². The molecule has 0 fully saturated rings. The Morgan fingerprint density at radius 2 is 1.87 bits per heavy atom. The van der Waals surface area contributed by atoms with Crippen molar-refractivity contribution in [1.82, 2.24) is 15.1 Å². The van der Waals surface area contributed by atoms with Crippen molar-refractivity contribution in [1.29, 1.82) is 0 Å². The Morgan fingerprint density at radius 1 is 1.13 bits per heavy atom. The number of amides is 1. The van der Waals surface area contributed by atoms with Gasteiger partial charge in [-0.2, -0.15) is 5.10 Å². The largest absolute Gasteiger partial charge is 0.347 e. The molecule has 4 nitrogen and oxygen atoms in total. The Hall–Kier alpha value is -2.95. The standard InChI is InChI=1S/C18H16FN3O/c1-13-6-8-14(9-7-13)12-20-18(23)16-10-11-22(21-16)17-5-3-2-4-15(17)19/h2-11H,12H2,1H3,(H,20,23). The molecule has 0 unspecified atom stereocenters. The summed E-state index contributed by atoms with van der Waals surface area (Å²) in [4.78, 5) is 12.1. The summed E-state index contributed by atoms with van der Waals surface area (Å²) in [5.74, 6) is -0.678. The van der Waals surface area contributed by atoms with Gasteiger partial charge in [-0.15, -0.1) is 0 Å². The number of benzene rings is 2. The summed E-state index contributed by atoms with van der Waals surface area (Å²) < 4.78 is 15.1. The van der Waals surface area contributed by atoms with E-state index in [0.717, 1.165) is 5.56 Å². The van der Waals surface area contributed by atoms with E-state index in [1.807, 2.05) is 31.2 Å². The highest BCUT2D eigenvalue weighted by molar-refractivity contribution is 5.92. The van der Waals surface area contributed by atoms with Crippen LogP contribution in [0, 0.1) is 12.7 Å². The Bertz CT molecular complexity index is 824. The van der Waals surface area contributed by atoms with Gasteiger partial charge in [0.25, 0.3) is 5.91 Å². The monoisotopic (exact) mass is 309 g/mol. The molecule has 2 aromatic carbocycles. The van der Waals surface area contributed by atoms with Crippen molar-refractivity contribution in [2.45, 2.75) is 13.5 Å². The first kappa shape index (κ1) is 15.0. The average Bonchev–Trinajstić information content (AvgIpc) is 3.04. The maximum Gasteiger partial charge on any atom is 0.272 e. The molecule has 0 aliphatic heterocycles. The lowest BCUT2D eigenvalue weighted by Crippen LogP contribution is -2.23. The van der Waals surface area contributed by atoms with E-state index in [2.05, 4.69) is 10.4 Å². The van der Waals surface area contributed by atoms with Crippen molar-refractivity contribution >= 4 is 5.91 Å². The Labute approximate surface area is 133 Å². The smallest absolute Gasteiger partial charge is 0.272 e. The van der Waals surface area contributed by atoms with Crippen molar-refractivity contribution in [3.8, 4) is 5.69 Å². The molecule has 1 heterocycles. The van der Waals surface area contributed by atoms with Crippen LogP contribution in [0.15, 0.2) is 60.8 Å². The number of rotatable bonds is 4. The van der Waals surface area contributed by atoms with Gasteiger partial charge in [-0.1, -0.05) is 42.0 Å². The van der Waals surface area contributed by atoms with Crippen molar-refractivity contribution in [2.24, 2.45) is 0 Å². The molecule has 23 heavy (non-hydrogen) atoms. The number of hydrogen-bond donors (Lipinski definition) is 1. The molecule has 0 atom stereocenters. The van der Waals surface area contributed by atoms with E-state index < -0.39 is 0 Å². The molecule has 0 saturated heterocycles. The molecular weight excluding hydrogens is 293 g/mol. The highest BCUT2D eigenvalue weighted by Gasteiger charge is 2.11. The molecule has 0 spiro atoms. The summed E-state index contributed by atoms with van der Waals surface area (Å²) in [6, 6.07) is 15.8. The second-order valence-corrected chi connectivity index (χ2v) is 5.27. The van der Waals surface area contributed by atoms with E-state index >= 15 is 0 Å². The fourth-order valence-corrected chi connectivity index (χ4v) is 2.20. The van der Waals surface area contributed by atoms with Gasteiger partial charge in [-0.3, -0.25) is 4.79 Å². The lowest BCUT2D eigenvalue weighted by Gasteiger charge is -2.04. The number of hydrogen-bond acceptors (Lipinski definition) is 2. The fraction of sp³-hybridized carbons (Fsp3) is 0.111. The van der Waals surface area contributed by atoms with E-state index in [4.69, 9.17) is 0 Å². The molecular formula is C18H16FN3O. The topological polar surface area (TPSA) is 46.9 Å². The van der Waals surface area contributed by atoms with Crippen LogP contribution in [0.1, 0.15) is 21.6 Å². The molecule has 0 aliphatic carbocycles. The van der Waals surface area contributed by atoms with Crippen LogP contribution >= 0.6 is 0 Å². The van der Waals surface area contributed by atoms with E-state index in [9.17, 15) is 9.18 Å². The van der Waals surface area contributed by atoms with Crippen LogP contribution in [0.3, 0.4) is 0 Å². The van der Waals surface area contributed by atoms with Crippen molar-refractivity contribution < 1.29 is 9.18 Å². The van der Waals surface area contributed by atoms with E-state index in [0.29, 0.717) is 12.2 Å². The normalized spacial score (nSPS) is 10.5. The van der Waals surface area contributed by atoms with Gasteiger partial charge in [0.15, 0.2) is 5.69 Å². The molecule has 1 amide bonds. The van der Waals surface area contributed by atoms with Gasteiger partial charge in [-0.05, 0) is 30.7 Å². The zero-order chi connectivity index (χ0) is 16.2. The maximum absolute atomic E-state index is 13.7. The molecule has 1 aromatic heterocycles. The summed E-state index contributed by atoms with van der Waals surface area (Å²) in [5, 5.41) is 6.94. The lowest BCUT2D eigenvalue weighted by atomic mass is 10.1. The van der Waals surface area contributed by atoms with Gasteiger partial charge < -0.3 is 5.32 Å². The predicted molar refractivity (Wildman–Crippen MR) is 85.9 cm³/mol. The summed E-state index contributed by atoms with van der Waals surface area (Å²) in [6.07, 6.45) is 1.57.